The zero-order valence-corrected chi connectivity index (χ0v) is 9.87. The summed E-state index contributed by atoms with van der Waals surface area (Å²) in [6, 6.07) is 0. The molecule has 0 amide bonds. The Morgan fingerprint density at radius 3 is 2.67 bits per heavy atom. The number of likely N-dealkylation sites (N-methyl/N-ethyl adjacent to an activating group) is 1. The molecule has 15 heavy (non-hydrogen) atoms. The average molecular weight is 214 g/mol. The minimum atomic E-state index is -0.259. The average Bonchev–Trinajstić information content (AvgIpc) is 2.63. The number of ether oxygens (including phenoxy) is 2. The van der Waals surface area contributed by atoms with E-state index in [9.17, 15) is 0 Å². The Balaban J connectivity index is 1.81. The lowest BCUT2D eigenvalue weighted by molar-refractivity contribution is -0.189. The van der Waals surface area contributed by atoms with Gasteiger partial charge in [-0.15, -0.1) is 0 Å². The van der Waals surface area contributed by atoms with Gasteiger partial charge in [0.05, 0.1) is 19.8 Å². The second-order valence-corrected chi connectivity index (χ2v) is 4.79. The highest BCUT2D eigenvalue weighted by atomic mass is 16.7. The first kappa shape index (κ1) is 11.3. The Morgan fingerprint density at radius 2 is 2.00 bits per heavy atom. The summed E-state index contributed by atoms with van der Waals surface area (Å²) in [5, 5.41) is 0. The third kappa shape index (κ3) is 2.91. The lowest BCUT2D eigenvalue weighted by Crippen LogP contribution is -2.50. The van der Waals surface area contributed by atoms with Gasteiger partial charge in [-0.3, -0.25) is 4.90 Å². The first-order chi connectivity index (χ1) is 7.20. The van der Waals surface area contributed by atoms with Crippen molar-refractivity contribution in [3.63, 3.8) is 0 Å². The van der Waals surface area contributed by atoms with Gasteiger partial charge in [-0.05, 0) is 27.1 Å². The van der Waals surface area contributed by atoms with Crippen LogP contribution in [0.3, 0.4) is 0 Å². The van der Waals surface area contributed by atoms with Gasteiger partial charge in [0.15, 0.2) is 5.79 Å². The van der Waals surface area contributed by atoms with Crippen molar-refractivity contribution < 1.29 is 9.47 Å². The van der Waals surface area contributed by atoms with Crippen molar-refractivity contribution in [3.05, 3.63) is 0 Å². The molecule has 0 bridgehead atoms. The van der Waals surface area contributed by atoms with Gasteiger partial charge < -0.3 is 14.4 Å². The fourth-order valence-electron chi connectivity index (χ4n) is 2.34. The van der Waals surface area contributed by atoms with Gasteiger partial charge in [0.2, 0.25) is 0 Å². The Hall–Kier alpha value is -0.160. The maximum Gasteiger partial charge on any atom is 0.181 e. The van der Waals surface area contributed by atoms with Crippen molar-refractivity contribution in [1.82, 2.24) is 9.80 Å². The van der Waals surface area contributed by atoms with E-state index < -0.39 is 0 Å². The molecule has 1 spiro atoms. The molecule has 2 aliphatic rings. The van der Waals surface area contributed by atoms with E-state index in [-0.39, 0.29) is 5.79 Å². The lowest BCUT2D eigenvalue weighted by atomic mass is 10.0. The number of hydrogen-bond acceptors (Lipinski definition) is 4. The molecule has 2 aliphatic heterocycles. The molecule has 0 unspecified atom stereocenters. The van der Waals surface area contributed by atoms with Crippen LogP contribution in [0.1, 0.15) is 12.8 Å². The first-order valence-corrected chi connectivity index (χ1v) is 5.85. The quantitative estimate of drug-likeness (QED) is 0.678. The predicted octanol–water partition coefficient (Wildman–Crippen LogP) is 0.387. The van der Waals surface area contributed by atoms with Gasteiger partial charge in [0.25, 0.3) is 0 Å². The van der Waals surface area contributed by atoms with Gasteiger partial charge in [-0.2, -0.15) is 0 Å². The second-order valence-electron chi connectivity index (χ2n) is 4.79. The van der Waals surface area contributed by atoms with Crippen LogP contribution in [0.15, 0.2) is 0 Å². The van der Waals surface area contributed by atoms with Gasteiger partial charge >= 0.3 is 0 Å². The highest BCUT2D eigenvalue weighted by Gasteiger charge is 2.40. The van der Waals surface area contributed by atoms with Crippen LogP contribution in [-0.4, -0.2) is 69.1 Å². The number of rotatable bonds is 3. The second kappa shape index (κ2) is 4.78. The lowest BCUT2D eigenvalue weighted by Gasteiger charge is -2.38. The first-order valence-electron chi connectivity index (χ1n) is 5.85. The molecule has 0 radical (unpaired) electrons. The number of hydrogen-bond donors (Lipinski definition) is 0. The van der Waals surface area contributed by atoms with E-state index in [1.54, 1.807) is 0 Å². The zero-order valence-electron chi connectivity index (χ0n) is 9.87. The summed E-state index contributed by atoms with van der Waals surface area (Å²) in [6.45, 7) is 5.88. The smallest absolute Gasteiger partial charge is 0.181 e. The summed E-state index contributed by atoms with van der Waals surface area (Å²) in [6.07, 6.45) is 2.25. The van der Waals surface area contributed by atoms with Crippen molar-refractivity contribution in [1.29, 1.82) is 0 Å². The van der Waals surface area contributed by atoms with Crippen molar-refractivity contribution in [2.24, 2.45) is 0 Å². The van der Waals surface area contributed by atoms with E-state index >= 15 is 0 Å². The Bertz CT molecular complexity index is 203. The molecule has 0 aromatic heterocycles. The molecule has 2 fully saturated rings. The number of nitrogens with zero attached hydrogens (tertiary/aromatic N) is 2. The molecule has 2 heterocycles. The van der Waals surface area contributed by atoms with Gasteiger partial charge in [0.1, 0.15) is 0 Å². The van der Waals surface area contributed by atoms with E-state index in [0.29, 0.717) is 0 Å². The maximum atomic E-state index is 5.74. The van der Waals surface area contributed by atoms with Gasteiger partial charge in [-0.25, -0.2) is 0 Å². The third-order valence-corrected chi connectivity index (χ3v) is 3.17. The van der Waals surface area contributed by atoms with E-state index in [1.807, 2.05) is 0 Å². The Morgan fingerprint density at radius 1 is 1.27 bits per heavy atom. The summed E-state index contributed by atoms with van der Waals surface area (Å²) in [4.78, 5) is 4.67. The van der Waals surface area contributed by atoms with Gasteiger partial charge in [0, 0.05) is 19.5 Å². The molecule has 0 aromatic rings. The van der Waals surface area contributed by atoms with Crippen LogP contribution in [0.4, 0.5) is 0 Å². The zero-order chi connectivity index (χ0) is 10.7. The molecule has 0 aromatic carbocycles. The summed E-state index contributed by atoms with van der Waals surface area (Å²) < 4.78 is 11.5. The molecule has 88 valence electrons. The monoisotopic (exact) mass is 214 g/mol. The van der Waals surface area contributed by atoms with Crippen LogP contribution in [0.2, 0.25) is 0 Å². The number of likely N-dealkylation sites (tertiary alicyclic amines) is 1. The molecule has 4 nitrogen and oxygen atoms in total. The standard InChI is InChI=1S/C11H22N2O2/c1-12(2)6-7-13-5-3-4-11(10-13)14-8-9-15-11/h3-10H2,1-2H3. The highest BCUT2D eigenvalue weighted by Crippen LogP contribution is 2.29. The van der Waals surface area contributed by atoms with Crippen LogP contribution in [0.25, 0.3) is 0 Å². The maximum absolute atomic E-state index is 5.74. The van der Waals surface area contributed by atoms with E-state index in [4.69, 9.17) is 9.47 Å². The summed E-state index contributed by atoms with van der Waals surface area (Å²) in [5.74, 6) is -0.259. The fourth-order valence-corrected chi connectivity index (χ4v) is 2.34. The van der Waals surface area contributed by atoms with E-state index in [2.05, 4.69) is 23.9 Å². The summed E-state index contributed by atoms with van der Waals surface area (Å²) >= 11 is 0. The Labute approximate surface area is 92.1 Å². The molecule has 0 atom stereocenters. The van der Waals surface area contributed by atoms with Crippen LogP contribution >= 0.6 is 0 Å². The fraction of sp³-hybridized carbons (Fsp3) is 1.00. The van der Waals surface area contributed by atoms with Crippen LogP contribution in [0.5, 0.6) is 0 Å². The number of piperidine rings is 1. The Kier molecular flexibility index (Phi) is 3.61. The van der Waals surface area contributed by atoms with E-state index in [1.165, 1.54) is 13.0 Å². The largest absolute Gasteiger partial charge is 0.346 e. The van der Waals surface area contributed by atoms with Gasteiger partial charge in [-0.1, -0.05) is 0 Å². The molecular weight excluding hydrogens is 192 g/mol. The molecule has 2 rings (SSSR count). The van der Waals surface area contributed by atoms with E-state index in [0.717, 1.165) is 39.3 Å². The normalized spacial score (nSPS) is 26.6. The van der Waals surface area contributed by atoms with Crippen molar-refractivity contribution in [3.8, 4) is 0 Å². The third-order valence-electron chi connectivity index (χ3n) is 3.17. The summed E-state index contributed by atoms with van der Waals surface area (Å²) in [5.41, 5.74) is 0. The minimum Gasteiger partial charge on any atom is -0.346 e. The highest BCUT2D eigenvalue weighted by molar-refractivity contribution is 4.83. The topological polar surface area (TPSA) is 24.9 Å². The van der Waals surface area contributed by atoms with Crippen LogP contribution in [0, 0.1) is 0 Å². The van der Waals surface area contributed by atoms with Crippen molar-refractivity contribution in [2.75, 3.05) is 53.5 Å². The molecule has 0 saturated carbocycles. The summed E-state index contributed by atoms with van der Waals surface area (Å²) in [7, 11) is 4.23. The minimum absolute atomic E-state index is 0.259. The molecule has 0 aliphatic carbocycles. The molecule has 0 N–H and O–H groups in total. The van der Waals surface area contributed by atoms with Crippen LogP contribution in [-0.2, 0) is 9.47 Å². The molecular formula is C11H22N2O2. The predicted molar refractivity (Wildman–Crippen MR) is 58.9 cm³/mol. The van der Waals surface area contributed by atoms with Crippen LogP contribution < -0.4 is 0 Å². The molecule has 4 heteroatoms. The van der Waals surface area contributed by atoms with Crippen molar-refractivity contribution in [2.45, 2.75) is 18.6 Å². The van der Waals surface area contributed by atoms with Crippen molar-refractivity contribution >= 4 is 0 Å². The SMILES string of the molecule is CN(C)CCN1CCCC2(C1)OCCO2. The molecule has 2 saturated heterocycles.